The second-order valence-electron chi connectivity index (χ2n) is 7.27. The molecule has 0 radical (unpaired) electrons. The Hall–Kier alpha value is -3.51. The fourth-order valence-electron chi connectivity index (χ4n) is 3.55. The minimum Gasteiger partial charge on any atom is -0.495 e. The van der Waals surface area contributed by atoms with E-state index in [4.69, 9.17) is 21.1 Å². The zero-order valence-electron chi connectivity index (χ0n) is 18.0. The predicted octanol–water partition coefficient (Wildman–Crippen LogP) is 4.96. The smallest absolute Gasteiger partial charge is 0.258 e. The third kappa shape index (κ3) is 4.86. The first kappa shape index (κ1) is 21.7. The van der Waals surface area contributed by atoms with Crippen LogP contribution in [0.15, 0.2) is 77.7 Å². The van der Waals surface area contributed by atoms with Crippen LogP contribution in [-0.2, 0) is 13.1 Å². The number of fused-ring (bicyclic) bond motifs is 1. The Balaban J connectivity index is 1.68. The molecule has 0 atom stereocenters. The van der Waals surface area contributed by atoms with E-state index in [0.717, 1.165) is 17.0 Å². The minimum absolute atomic E-state index is 0.112. The Bertz CT molecular complexity index is 1270. The summed E-state index contributed by atoms with van der Waals surface area (Å²) in [4.78, 5) is 19.4. The number of hydrogen-bond donors (Lipinski definition) is 0. The number of aromatic nitrogens is 2. The maximum atomic E-state index is 12.6. The van der Waals surface area contributed by atoms with Gasteiger partial charge in [0.2, 0.25) is 0 Å². The van der Waals surface area contributed by atoms with Crippen LogP contribution in [0.3, 0.4) is 0 Å². The summed E-state index contributed by atoms with van der Waals surface area (Å²) in [6.07, 6.45) is 1.72. The molecule has 0 unspecified atom stereocenters. The van der Waals surface area contributed by atoms with E-state index in [1.807, 2.05) is 67.6 Å². The monoisotopic (exact) mass is 449 g/mol. The second kappa shape index (κ2) is 9.75. The van der Waals surface area contributed by atoms with Crippen molar-refractivity contribution in [3.05, 3.63) is 99.6 Å². The van der Waals surface area contributed by atoms with Crippen LogP contribution >= 0.6 is 11.6 Å². The quantitative estimate of drug-likeness (QED) is 0.380. The SMILES string of the molecule is CCOc1ccc(CN(Cc2cc(=O)n3ccccc3n2)c2ccc(OC)c(Cl)c2)cc1. The fourth-order valence-corrected chi connectivity index (χ4v) is 3.80. The number of nitrogens with zero attached hydrogens (tertiary/aromatic N) is 3. The standard InChI is InChI=1S/C25H24ClN3O3/c1-3-32-21-10-7-18(8-11-21)16-28(20-9-12-23(31-2)22(26)15-20)17-19-14-25(30)29-13-5-4-6-24(29)27-19/h4-15H,3,16-17H2,1-2H3. The summed E-state index contributed by atoms with van der Waals surface area (Å²) < 4.78 is 12.4. The lowest BCUT2D eigenvalue weighted by molar-refractivity contribution is 0.340. The first-order chi connectivity index (χ1) is 15.6. The largest absolute Gasteiger partial charge is 0.495 e. The van der Waals surface area contributed by atoms with Gasteiger partial charge < -0.3 is 14.4 Å². The molecule has 0 saturated carbocycles. The van der Waals surface area contributed by atoms with Crippen molar-refractivity contribution in [1.82, 2.24) is 9.38 Å². The second-order valence-corrected chi connectivity index (χ2v) is 7.67. The summed E-state index contributed by atoms with van der Waals surface area (Å²) in [5.41, 5.74) is 3.18. The molecule has 0 saturated heterocycles. The zero-order chi connectivity index (χ0) is 22.5. The lowest BCUT2D eigenvalue weighted by Crippen LogP contribution is -2.25. The molecule has 2 heterocycles. The van der Waals surface area contributed by atoms with Crippen LogP contribution in [0.4, 0.5) is 5.69 Å². The van der Waals surface area contributed by atoms with E-state index in [0.29, 0.717) is 41.8 Å². The Labute approximate surface area is 191 Å². The van der Waals surface area contributed by atoms with Gasteiger partial charge in [-0.25, -0.2) is 4.98 Å². The zero-order valence-corrected chi connectivity index (χ0v) is 18.7. The van der Waals surface area contributed by atoms with E-state index in [-0.39, 0.29) is 5.56 Å². The van der Waals surface area contributed by atoms with Gasteiger partial charge in [0.1, 0.15) is 17.1 Å². The topological polar surface area (TPSA) is 56.1 Å². The highest BCUT2D eigenvalue weighted by molar-refractivity contribution is 6.32. The van der Waals surface area contributed by atoms with Crippen molar-refractivity contribution < 1.29 is 9.47 Å². The van der Waals surface area contributed by atoms with Crippen molar-refractivity contribution in [1.29, 1.82) is 0 Å². The molecule has 32 heavy (non-hydrogen) atoms. The Morgan fingerprint density at radius 2 is 1.84 bits per heavy atom. The molecule has 0 bridgehead atoms. The number of anilines is 1. The van der Waals surface area contributed by atoms with Gasteiger partial charge >= 0.3 is 0 Å². The summed E-state index contributed by atoms with van der Waals surface area (Å²) >= 11 is 6.40. The molecule has 7 heteroatoms. The van der Waals surface area contributed by atoms with Crippen LogP contribution < -0.4 is 19.9 Å². The van der Waals surface area contributed by atoms with Crippen LogP contribution in [0.5, 0.6) is 11.5 Å². The lowest BCUT2D eigenvalue weighted by Gasteiger charge is -2.25. The Morgan fingerprint density at radius 3 is 2.56 bits per heavy atom. The Morgan fingerprint density at radius 1 is 1.03 bits per heavy atom. The van der Waals surface area contributed by atoms with E-state index in [1.54, 1.807) is 19.4 Å². The van der Waals surface area contributed by atoms with Crippen molar-refractivity contribution in [2.75, 3.05) is 18.6 Å². The molecule has 0 aliphatic heterocycles. The molecule has 2 aromatic carbocycles. The molecule has 0 fully saturated rings. The molecule has 0 N–H and O–H groups in total. The highest BCUT2D eigenvalue weighted by atomic mass is 35.5. The van der Waals surface area contributed by atoms with Crippen LogP contribution in [0, 0.1) is 0 Å². The first-order valence-electron chi connectivity index (χ1n) is 10.3. The highest BCUT2D eigenvalue weighted by Crippen LogP contribution is 2.30. The molecule has 6 nitrogen and oxygen atoms in total. The molecule has 0 spiro atoms. The third-order valence-electron chi connectivity index (χ3n) is 5.09. The van der Waals surface area contributed by atoms with Gasteiger partial charge in [-0.1, -0.05) is 29.8 Å². The third-order valence-corrected chi connectivity index (χ3v) is 5.38. The molecule has 2 aromatic heterocycles. The molecule has 4 rings (SSSR count). The molecule has 0 amide bonds. The number of ether oxygens (including phenoxy) is 2. The maximum Gasteiger partial charge on any atom is 0.258 e. The summed E-state index contributed by atoms with van der Waals surface area (Å²) in [5, 5.41) is 0.522. The van der Waals surface area contributed by atoms with E-state index in [9.17, 15) is 4.79 Å². The van der Waals surface area contributed by atoms with E-state index >= 15 is 0 Å². The van der Waals surface area contributed by atoms with E-state index in [2.05, 4.69) is 9.88 Å². The predicted molar refractivity (Wildman–Crippen MR) is 127 cm³/mol. The van der Waals surface area contributed by atoms with Crippen LogP contribution in [-0.4, -0.2) is 23.1 Å². The normalized spacial score (nSPS) is 10.8. The number of pyridine rings is 1. The van der Waals surface area contributed by atoms with Crippen molar-refractivity contribution in [3.63, 3.8) is 0 Å². The van der Waals surface area contributed by atoms with Gasteiger partial charge in [-0.2, -0.15) is 0 Å². The summed E-state index contributed by atoms with van der Waals surface area (Å²) in [7, 11) is 1.59. The van der Waals surface area contributed by atoms with Crippen molar-refractivity contribution in [2.24, 2.45) is 0 Å². The average molecular weight is 450 g/mol. The van der Waals surface area contributed by atoms with Crippen molar-refractivity contribution in [3.8, 4) is 11.5 Å². The maximum absolute atomic E-state index is 12.6. The summed E-state index contributed by atoms with van der Waals surface area (Å²) in [6, 6.07) is 20.7. The molecule has 4 aromatic rings. The first-order valence-corrected chi connectivity index (χ1v) is 10.7. The van der Waals surface area contributed by atoms with Crippen LogP contribution in [0.25, 0.3) is 5.65 Å². The lowest BCUT2D eigenvalue weighted by atomic mass is 10.1. The van der Waals surface area contributed by atoms with Crippen LogP contribution in [0.1, 0.15) is 18.2 Å². The van der Waals surface area contributed by atoms with Gasteiger partial charge in [-0.3, -0.25) is 9.20 Å². The number of rotatable bonds is 8. The van der Waals surface area contributed by atoms with Gasteiger partial charge in [0.15, 0.2) is 0 Å². The van der Waals surface area contributed by atoms with Gasteiger partial charge in [0.25, 0.3) is 5.56 Å². The number of methoxy groups -OCH3 is 1. The van der Waals surface area contributed by atoms with Crippen molar-refractivity contribution >= 4 is 22.9 Å². The number of hydrogen-bond acceptors (Lipinski definition) is 5. The fraction of sp³-hybridized carbons (Fsp3) is 0.200. The van der Waals surface area contributed by atoms with Gasteiger partial charge in [0.05, 0.1) is 31.0 Å². The van der Waals surface area contributed by atoms with E-state index in [1.165, 1.54) is 4.40 Å². The average Bonchev–Trinajstić information content (AvgIpc) is 2.80. The molecule has 164 valence electrons. The van der Waals surface area contributed by atoms with Gasteiger partial charge in [0, 0.05) is 24.5 Å². The number of benzene rings is 2. The molecule has 0 aliphatic rings. The Kier molecular flexibility index (Phi) is 6.61. The summed E-state index contributed by atoms with van der Waals surface area (Å²) in [5.74, 6) is 1.44. The molecule has 0 aliphatic carbocycles. The van der Waals surface area contributed by atoms with Gasteiger partial charge in [-0.05, 0) is 55.0 Å². The van der Waals surface area contributed by atoms with Crippen LogP contribution in [0.2, 0.25) is 5.02 Å². The van der Waals surface area contributed by atoms with E-state index < -0.39 is 0 Å². The van der Waals surface area contributed by atoms with Crippen molar-refractivity contribution in [2.45, 2.75) is 20.0 Å². The summed E-state index contributed by atoms with van der Waals surface area (Å²) in [6.45, 7) is 3.63. The minimum atomic E-state index is -0.112. The van der Waals surface area contributed by atoms with Gasteiger partial charge in [-0.15, -0.1) is 0 Å². The highest BCUT2D eigenvalue weighted by Gasteiger charge is 2.13. The molecular weight excluding hydrogens is 426 g/mol. The molecular formula is C25H24ClN3O3. The number of halogens is 1.